The number of nitrogens with zero attached hydrogens (tertiary/aromatic N) is 3. The molecular formula is C19H28N4S. The van der Waals surface area contributed by atoms with E-state index in [0.717, 1.165) is 35.4 Å². The molecule has 0 aliphatic heterocycles. The van der Waals surface area contributed by atoms with Crippen LogP contribution in [0.15, 0.2) is 29.8 Å². The molecule has 0 aromatic carbocycles. The molecule has 0 amide bonds. The highest BCUT2D eigenvalue weighted by molar-refractivity contribution is 7.13. The molecule has 1 aliphatic rings. The summed E-state index contributed by atoms with van der Waals surface area (Å²) in [6.07, 6.45) is 7.09. The second-order valence-electron chi connectivity index (χ2n) is 7.28. The van der Waals surface area contributed by atoms with Crippen molar-refractivity contribution in [3.8, 4) is 10.7 Å². The molecule has 4 nitrogen and oxygen atoms in total. The Morgan fingerprint density at radius 1 is 1.38 bits per heavy atom. The highest BCUT2D eigenvalue weighted by atomic mass is 32.1. The summed E-state index contributed by atoms with van der Waals surface area (Å²) in [5.74, 6) is 0.818. The topological polar surface area (TPSA) is 41.1 Å². The van der Waals surface area contributed by atoms with Gasteiger partial charge in [-0.1, -0.05) is 25.8 Å². The average Bonchev–Trinajstić information content (AvgIpc) is 3.04. The van der Waals surface area contributed by atoms with Crippen LogP contribution in [0.25, 0.3) is 10.7 Å². The largest absolute Gasteiger partial charge is 0.309 e. The highest BCUT2D eigenvalue weighted by Gasteiger charge is 2.36. The molecule has 2 atom stereocenters. The molecule has 1 saturated carbocycles. The standard InChI is InChI=1S/C19H28N4S/c1-15-7-6-9-19(11-15,23(2)3)14-20-12-16-13-24-18(22-16)17-8-4-5-10-21-17/h4-5,8,10,13,15,20H,6-7,9,11-12,14H2,1-3H3. The van der Waals surface area contributed by atoms with E-state index >= 15 is 0 Å². The lowest BCUT2D eigenvalue weighted by molar-refractivity contribution is 0.0749. The highest BCUT2D eigenvalue weighted by Crippen LogP contribution is 2.35. The Kier molecular flexibility index (Phi) is 5.64. The summed E-state index contributed by atoms with van der Waals surface area (Å²) in [5, 5.41) is 6.80. The maximum atomic E-state index is 4.73. The second-order valence-corrected chi connectivity index (χ2v) is 8.14. The molecule has 3 rings (SSSR count). The van der Waals surface area contributed by atoms with E-state index in [1.807, 2.05) is 24.4 Å². The van der Waals surface area contributed by atoms with E-state index in [1.54, 1.807) is 11.3 Å². The molecule has 2 aromatic heterocycles. The zero-order valence-electron chi connectivity index (χ0n) is 15.0. The van der Waals surface area contributed by atoms with Crippen LogP contribution in [0, 0.1) is 5.92 Å². The number of likely N-dealkylation sites (N-methyl/N-ethyl adjacent to an activating group) is 1. The van der Waals surface area contributed by atoms with Crippen molar-refractivity contribution in [2.75, 3.05) is 20.6 Å². The molecular weight excluding hydrogens is 316 g/mol. The molecule has 1 fully saturated rings. The molecule has 2 heterocycles. The van der Waals surface area contributed by atoms with Gasteiger partial charge in [0, 0.05) is 30.2 Å². The first kappa shape index (κ1) is 17.5. The summed E-state index contributed by atoms with van der Waals surface area (Å²) in [5.41, 5.74) is 2.36. The number of pyridine rings is 1. The van der Waals surface area contributed by atoms with E-state index in [-0.39, 0.29) is 5.54 Å². The van der Waals surface area contributed by atoms with Gasteiger partial charge in [-0.15, -0.1) is 11.3 Å². The van der Waals surface area contributed by atoms with Crippen LogP contribution in [0.4, 0.5) is 0 Å². The number of hydrogen-bond donors (Lipinski definition) is 1. The van der Waals surface area contributed by atoms with Gasteiger partial charge in [0.25, 0.3) is 0 Å². The van der Waals surface area contributed by atoms with Gasteiger partial charge in [0.2, 0.25) is 0 Å². The van der Waals surface area contributed by atoms with Gasteiger partial charge >= 0.3 is 0 Å². The van der Waals surface area contributed by atoms with Gasteiger partial charge in [0.05, 0.1) is 11.4 Å². The summed E-state index contributed by atoms with van der Waals surface area (Å²) >= 11 is 1.67. The minimum atomic E-state index is 0.289. The number of thiazole rings is 1. The Hall–Kier alpha value is -1.30. The predicted molar refractivity (Wildman–Crippen MR) is 101 cm³/mol. The zero-order chi connectivity index (χ0) is 17.0. The van der Waals surface area contributed by atoms with Crippen LogP contribution < -0.4 is 5.32 Å². The molecule has 0 bridgehead atoms. The van der Waals surface area contributed by atoms with Crippen molar-refractivity contribution in [3.63, 3.8) is 0 Å². The lowest BCUT2D eigenvalue weighted by Gasteiger charge is -2.45. The molecule has 0 radical (unpaired) electrons. The van der Waals surface area contributed by atoms with Crippen molar-refractivity contribution in [2.45, 2.75) is 44.7 Å². The Labute approximate surface area is 149 Å². The summed E-state index contributed by atoms with van der Waals surface area (Å²) in [6, 6.07) is 5.96. The van der Waals surface area contributed by atoms with E-state index in [2.05, 4.69) is 41.6 Å². The smallest absolute Gasteiger partial charge is 0.142 e. The van der Waals surface area contributed by atoms with Crippen LogP contribution in [0.3, 0.4) is 0 Å². The maximum absolute atomic E-state index is 4.73. The quantitative estimate of drug-likeness (QED) is 0.865. The van der Waals surface area contributed by atoms with E-state index in [0.29, 0.717) is 0 Å². The van der Waals surface area contributed by atoms with Crippen molar-refractivity contribution in [1.82, 2.24) is 20.2 Å². The Morgan fingerprint density at radius 2 is 2.25 bits per heavy atom. The minimum absolute atomic E-state index is 0.289. The van der Waals surface area contributed by atoms with E-state index in [1.165, 1.54) is 25.7 Å². The summed E-state index contributed by atoms with van der Waals surface area (Å²) in [6.45, 7) is 4.24. The van der Waals surface area contributed by atoms with Crippen molar-refractivity contribution in [1.29, 1.82) is 0 Å². The van der Waals surface area contributed by atoms with Gasteiger partial charge < -0.3 is 10.2 Å². The molecule has 1 N–H and O–H groups in total. The van der Waals surface area contributed by atoms with Crippen molar-refractivity contribution < 1.29 is 0 Å². The van der Waals surface area contributed by atoms with Gasteiger partial charge in [0.1, 0.15) is 5.01 Å². The molecule has 1 aliphatic carbocycles. The zero-order valence-corrected chi connectivity index (χ0v) is 15.8. The van der Waals surface area contributed by atoms with Gasteiger partial charge in [-0.2, -0.15) is 0 Å². The van der Waals surface area contributed by atoms with Gasteiger partial charge in [0.15, 0.2) is 0 Å². The minimum Gasteiger partial charge on any atom is -0.309 e. The fourth-order valence-electron chi connectivity index (χ4n) is 3.78. The number of hydrogen-bond acceptors (Lipinski definition) is 5. The Bertz CT molecular complexity index is 640. The van der Waals surface area contributed by atoms with Crippen LogP contribution in [0.2, 0.25) is 0 Å². The monoisotopic (exact) mass is 344 g/mol. The Balaban J connectivity index is 1.59. The van der Waals surface area contributed by atoms with Crippen LogP contribution >= 0.6 is 11.3 Å². The molecule has 2 aromatic rings. The summed E-state index contributed by atoms with van der Waals surface area (Å²) in [7, 11) is 4.45. The van der Waals surface area contributed by atoms with Crippen LogP contribution in [-0.4, -0.2) is 41.0 Å². The predicted octanol–water partition coefficient (Wildman–Crippen LogP) is 3.81. The third kappa shape index (κ3) is 4.02. The molecule has 5 heteroatoms. The second kappa shape index (κ2) is 7.72. The summed E-state index contributed by atoms with van der Waals surface area (Å²) < 4.78 is 0. The molecule has 0 saturated heterocycles. The van der Waals surface area contributed by atoms with Crippen molar-refractivity contribution in [2.24, 2.45) is 5.92 Å². The van der Waals surface area contributed by atoms with E-state index < -0.39 is 0 Å². The maximum Gasteiger partial charge on any atom is 0.142 e. The van der Waals surface area contributed by atoms with Gasteiger partial charge in [-0.3, -0.25) is 4.98 Å². The average molecular weight is 345 g/mol. The van der Waals surface area contributed by atoms with Crippen molar-refractivity contribution >= 4 is 11.3 Å². The number of aromatic nitrogens is 2. The molecule has 0 spiro atoms. The molecule has 2 unspecified atom stereocenters. The third-order valence-corrected chi connectivity index (χ3v) is 6.13. The fourth-order valence-corrected chi connectivity index (χ4v) is 4.57. The molecule has 130 valence electrons. The number of nitrogens with one attached hydrogen (secondary N) is 1. The fraction of sp³-hybridized carbons (Fsp3) is 0.579. The van der Waals surface area contributed by atoms with Gasteiger partial charge in [-0.25, -0.2) is 4.98 Å². The Morgan fingerprint density at radius 3 is 2.96 bits per heavy atom. The first-order valence-corrected chi connectivity index (χ1v) is 9.71. The van der Waals surface area contributed by atoms with Crippen LogP contribution in [0.5, 0.6) is 0 Å². The van der Waals surface area contributed by atoms with E-state index in [9.17, 15) is 0 Å². The van der Waals surface area contributed by atoms with E-state index in [4.69, 9.17) is 4.98 Å². The summed E-state index contributed by atoms with van der Waals surface area (Å²) in [4.78, 5) is 11.5. The van der Waals surface area contributed by atoms with Gasteiger partial charge in [-0.05, 0) is 45.0 Å². The first-order valence-electron chi connectivity index (χ1n) is 8.83. The lowest BCUT2D eigenvalue weighted by Crippen LogP contribution is -2.54. The first-order chi connectivity index (χ1) is 11.6. The third-order valence-electron chi connectivity index (χ3n) is 5.21. The van der Waals surface area contributed by atoms with Crippen molar-refractivity contribution in [3.05, 3.63) is 35.5 Å². The SMILES string of the molecule is CC1CCCC(CNCc2csc(-c3ccccn3)n2)(N(C)C)C1. The molecule has 24 heavy (non-hydrogen) atoms. The lowest BCUT2D eigenvalue weighted by atomic mass is 9.75. The van der Waals surface area contributed by atoms with Crippen LogP contribution in [-0.2, 0) is 6.54 Å². The normalized spacial score (nSPS) is 24.4. The van der Waals surface area contributed by atoms with Crippen LogP contribution in [0.1, 0.15) is 38.3 Å². The number of rotatable bonds is 6.